The molecule has 0 aliphatic rings. The molecule has 0 unspecified atom stereocenters. The monoisotopic (exact) mass is 504 g/mol. The van der Waals surface area contributed by atoms with Crippen molar-refractivity contribution < 1.29 is 9.18 Å². The fraction of sp³-hybridized carbons (Fsp3) is 0.0455. The maximum atomic E-state index is 13.1. The molecule has 5 heteroatoms. The van der Waals surface area contributed by atoms with Gasteiger partial charge in [-0.3, -0.25) is 4.79 Å². The van der Waals surface area contributed by atoms with Gasteiger partial charge in [0.25, 0.3) is 0 Å². The van der Waals surface area contributed by atoms with Gasteiger partial charge < -0.3 is 0 Å². The van der Waals surface area contributed by atoms with Crippen molar-refractivity contribution in [2.45, 2.75) is 5.75 Å². The molecule has 0 atom stereocenters. The highest BCUT2D eigenvalue weighted by atomic mass is 79.9. The third kappa shape index (κ3) is 5.89. The number of thioether (sulfide) groups is 1. The number of ketones is 1. The van der Waals surface area contributed by atoms with Gasteiger partial charge in [-0.2, -0.15) is 0 Å². The van der Waals surface area contributed by atoms with Crippen LogP contribution in [0.15, 0.2) is 86.6 Å². The molecule has 1 nitrogen and oxygen atoms in total. The normalized spacial score (nSPS) is 11.4. The largest absolute Gasteiger partial charge is 0.288 e. The second-order valence-corrected chi connectivity index (χ2v) is 8.66. The van der Waals surface area contributed by atoms with Crippen LogP contribution in [0.4, 0.5) is 4.39 Å². The number of carbonyl (C=O) groups is 1. The quantitative estimate of drug-likeness (QED) is 0.254. The van der Waals surface area contributed by atoms with Crippen LogP contribution in [0.1, 0.15) is 21.5 Å². The summed E-state index contributed by atoms with van der Waals surface area (Å²) >= 11 is 8.27. The molecular weight excluding hydrogens is 491 g/mol. The maximum Gasteiger partial charge on any atom is 0.199 e. The zero-order chi connectivity index (χ0) is 19.2. The molecule has 3 aromatic rings. The second-order valence-electron chi connectivity index (χ2n) is 5.81. The Labute approximate surface area is 179 Å². The first-order chi connectivity index (χ1) is 13.0. The molecule has 136 valence electrons. The van der Waals surface area contributed by atoms with Crippen LogP contribution in [0.5, 0.6) is 0 Å². The molecule has 0 amide bonds. The van der Waals surface area contributed by atoms with Gasteiger partial charge in [-0.05, 0) is 65.7 Å². The summed E-state index contributed by atoms with van der Waals surface area (Å²) in [5.74, 6) is 0.295. The van der Waals surface area contributed by atoms with Gasteiger partial charge in [-0.15, -0.1) is 11.8 Å². The molecule has 0 aliphatic heterocycles. The topological polar surface area (TPSA) is 17.1 Å². The van der Waals surface area contributed by atoms with Gasteiger partial charge >= 0.3 is 0 Å². The van der Waals surface area contributed by atoms with Crippen LogP contribution in [0.2, 0.25) is 0 Å². The third-order valence-electron chi connectivity index (χ3n) is 3.81. The smallest absolute Gasteiger partial charge is 0.199 e. The molecule has 0 radical (unpaired) electrons. The van der Waals surface area contributed by atoms with Crippen LogP contribution in [0.3, 0.4) is 0 Å². The Morgan fingerprint density at radius 3 is 2.00 bits per heavy atom. The molecule has 0 spiro atoms. The van der Waals surface area contributed by atoms with E-state index in [1.807, 2.05) is 42.5 Å². The summed E-state index contributed by atoms with van der Waals surface area (Å²) in [5.41, 5.74) is 2.55. The van der Waals surface area contributed by atoms with Gasteiger partial charge in [0, 0.05) is 20.3 Å². The number of halogens is 3. The zero-order valence-corrected chi connectivity index (χ0v) is 18.2. The average molecular weight is 506 g/mol. The average Bonchev–Trinajstić information content (AvgIpc) is 2.68. The fourth-order valence-electron chi connectivity index (χ4n) is 2.37. The van der Waals surface area contributed by atoms with E-state index in [0.29, 0.717) is 16.2 Å². The number of hydrogen-bond acceptors (Lipinski definition) is 2. The first-order valence-corrected chi connectivity index (χ1v) is 10.7. The predicted molar refractivity (Wildman–Crippen MR) is 118 cm³/mol. The molecule has 27 heavy (non-hydrogen) atoms. The van der Waals surface area contributed by atoms with Crippen molar-refractivity contribution in [2.75, 3.05) is 0 Å². The van der Waals surface area contributed by atoms with E-state index in [9.17, 15) is 9.18 Å². The Hall–Kier alpha value is -1.69. The lowest BCUT2D eigenvalue weighted by Crippen LogP contribution is -2.01. The van der Waals surface area contributed by atoms with E-state index in [4.69, 9.17) is 0 Å². The number of rotatable bonds is 6. The highest BCUT2D eigenvalue weighted by molar-refractivity contribution is 9.10. The molecule has 0 bridgehead atoms. The van der Waals surface area contributed by atoms with Crippen molar-refractivity contribution in [1.29, 1.82) is 0 Å². The fourth-order valence-corrected chi connectivity index (χ4v) is 3.88. The Balaban J connectivity index is 1.87. The lowest BCUT2D eigenvalue weighted by atomic mass is 10.1. The van der Waals surface area contributed by atoms with Crippen molar-refractivity contribution in [1.82, 2.24) is 0 Å². The Morgan fingerprint density at radius 1 is 0.852 bits per heavy atom. The van der Waals surface area contributed by atoms with Crippen LogP contribution < -0.4 is 0 Å². The minimum Gasteiger partial charge on any atom is -0.288 e. The zero-order valence-electron chi connectivity index (χ0n) is 14.2. The number of benzene rings is 3. The number of carbonyl (C=O) groups excluding carboxylic acids is 1. The number of allylic oxidation sites excluding steroid dienone is 1. The molecule has 0 aromatic heterocycles. The SMILES string of the molecule is O=C(/C(=C\c1ccc(Br)cc1)SCc1ccc(F)cc1)c1ccc(Br)cc1. The van der Waals surface area contributed by atoms with E-state index in [1.54, 1.807) is 24.3 Å². The summed E-state index contributed by atoms with van der Waals surface area (Å²) in [6.07, 6.45) is 1.89. The minimum absolute atomic E-state index is 0.0301. The van der Waals surface area contributed by atoms with E-state index >= 15 is 0 Å². The Bertz CT molecular complexity index is 949. The Morgan fingerprint density at radius 2 is 1.41 bits per heavy atom. The summed E-state index contributed by atoms with van der Waals surface area (Å²) < 4.78 is 15.0. The molecular formula is C22H15Br2FOS. The molecule has 0 fully saturated rings. The summed E-state index contributed by atoms with van der Waals surface area (Å²) in [6, 6.07) is 21.5. The van der Waals surface area contributed by atoms with Crippen molar-refractivity contribution >= 4 is 55.5 Å². The van der Waals surface area contributed by atoms with Crippen molar-refractivity contribution in [2.24, 2.45) is 0 Å². The first-order valence-electron chi connectivity index (χ1n) is 8.16. The third-order valence-corrected chi connectivity index (χ3v) is 5.95. The van der Waals surface area contributed by atoms with Gasteiger partial charge in [-0.1, -0.05) is 56.1 Å². The Kier molecular flexibility index (Phi) is 7.05. The molecule has 0 saturated heterocycles. The van der Waals surface area contributed by atoms with Crippen molar-refractivity contribution in [3.8, 4) is 0 Å². The van der Waals surface area contributed by atoms with Gasteiger partial charge in [-0.25, -0.2) is 4.39 Å². The second kappa shape index (κ2) is 9.49. The summed E-state index contributed by atoms with van der Waals surface area (Å²) in [5, 5.41) is 0. The van der Waals surface area contributed by atoms with Crippen LogP contribution in [-0.4, -0.2) is 5.78 Å². The van der Waals surface area contributed by atoms with E-state index in [2.05, 4.69) is 31.9 Å². The van der Waals surface area contributed by atoms with E-state index in [1.165, 1.54) is 23.9 Å². The molecule has 0 saturated carbocycles. The van der Waals surface area contributed by atoms with Gasteiger partial charge in [0.05, 0.1) is 4.91 Å². The van der Waals surface area contributed by atoms with Crippen molar-refractivity contribution in [3.05, 3.63) is 109 Å². The van der Waals surface area contributed by atoms with Crippen LogP contribution in [0.25, 0.3) is 6.08 Å². The minimum atomic E-state index is -0.264. The summed E-state index contributed by atoms with van der Waals surface area (Å²) in [6.45, 7) is 0. The van der Waals surface area contributed by atoms with Crippen LogP contribution >= 0.6 is 43.6 Å². The standard InChI is InChI=1S/C22H15Br2FOS/c23-18-7-1-15(2-8-18)13-21(22(26)17-5-9-19(24)10-6-17)27-14-16-3-11-20(25)12-4-16/h1-13H,14H2/b21-13+. The molecule has 0 heterocycles. The van der Waals surface area contributed by atoms with Gasteiger partial charge in [0.15, 0.2) is 5.78 Å². The van der Waals surface area contributed by atoms with Crippen LogP contribution in [0, 0.1) is 5.82 Å². The van der Waals surface area contributed by atoms with E-state index in [-0.39, 0.29) is 11.6 Å². The molecule has 3 aromatic carbocycles. The van der Waals surface area contributed by atoms with Gasteiger partial charge in [0.1, 0.15) is 5.82 Å². The maximum absolute atomic E-state index is 13.1. The lowest BCUT2D eigenvalue weighted by Gasteiger charge is -2.08. The lowest BCUT2D eigenvalue weighted by molar-refractivity contribution is 0.104. The van der Waals surface area contributed by atoms with Crippen LogP contribution in [-0.2, 0) is 5.75 Å². The predicted octanol–water partition coefficient (Wildman–Crippen LogP) is 7.51. The molecule has 3 rings (SSSR count). The van der Waals surface area contributed by atoms with E-state index in [0.717, 1.165) is 20.1 Å². The summed E-state index contributed by atoms with van der Waals surface area (Å²) in [7, 11) is 0. The van der Waals surface area contributed by atoms with Gasteiger partial charge in [0.2, 0.25) is 0 Å². The summed E-state index contributed by atoms with van der Waals surface area (Å²) in [4.78, 5) is 13.7. The molecule has 0 aliphatic carbocycles. The molecule has 0 N–H and O–H groups in total. The first kappa shape index (κ1) is 20.1. The highest BCUT2D eigenvalue weighted by Crippen LogP contribution is 2.28. The van der Waals surface area contributed by atoms with Crippen molar-refractivity contribution in [3.63, 3.8) is 0 Å². The number of Topliss-reactive ketones (excluding diaryl/α,β-unsaturated/α-hetero) is 1. The number of hydrogen-bond donors (Lipinski definition) is 0. The van der Waals surface area contributed by atoms with E-state index < -0.39 is 0 Å². The highest BCUT2D eigenvalue weighted by Gasteiger charge is 2.14.